The van der Waals surface area contributed by atoms with Crippen molar-refractivity contribution in [1.82, 2.24) is 24.6 Å². The highest BCUT2D eigenvalue weighted by molar-refractivity contribution is 5.94. The summed E-state index contributed by atoms with van der Waals surface area (Å²) in [6, 6.07) is 3.64. The van der Waals surface area contributed by atoms with Crippen molar-refractivity contribution in [2.24, 2.45) is 0 Å². The maximum Gasteiger partial charge on any atom is 0.255 e. The number of hydrogen-bond acceptors (Lipinski definition) is 5. The summed E-state index contributed by atoms with van der Waals surface area (Å²) in [4.78, 5) is 50.3. The van der Waals surface area contributed by atoms with Crippen LogP contribution < -0.4 is 0 Å². The van der Waals surface area contributed by atoms with E-state index in [1.165, 1.54) is 0 Å². The highest BCUT2D eigenvalue weighted by Gasteiger charge is 2.33. The third-order valence-electron chi connectivity index (χ3n) is 6.74. The molecule has 3 saturated heterocycles. The van der Waals surface area contributed by atoms with E-state index in [1.54, 1.807) is 11.1 Å². The molecule has 8 heteroatoms. The van der Waals surface area contributed by atoms with Gasteiger partial charge in [0.2, 0.25) is 11.8 Å². The third kappa shape index (κ3) is 5.06. The quantitative estimate of drug-likeness (QED) is 0.728. The summed E-state index contributed by atoms with van der Waals surface area (Å²) >= 11 is 0. The molecule has 0 bridgehead atoms. The topological polar surface area (TPSA) is 77.1 Å². The molecule has 0 radical (unpaired) electrons. The number of likely N-dealkylation sites (tertiary alicyclic amines) is 2. The van der Waals surface area contributed by atoms with Crippen LogP contribution in [0, 0.1) is 0 Å². The number of aromatic nitrogens is 1. The number of carbonyl (C=O) groups excluding carboxylic acids is 3. The fraction of sp³-hybridized carbons (Fsp3) is 0.652. The Kier molecular flexibility index (Phi) is 6.85. The van der Waals surface area contributed by atoms with Gasteiger partial charge in [0.25, 0.3) is 5.91 Å². The standard InChI is InChI=1S/C23H33N5O3/c1-25-12-14-26(15-13-25)23(31)18-8-9-19(24-16-18)20-6-5-11-28(20)22(30)17-27-10-4-2-3-7-21(27)29/h8-9,16,20H,2-7,10-15,17H2,1H3/t20-/m1/s1. The Morgan fingerprint density at radius 2 is 1.81 bits per heavy atom. The zero-order valence-corrected chi connectivity index (χ0v) is 18.5. The molecule has 1 aromatic rings. The second-order valence-electron chi connectivity index (χ2n) is 8.94. The first-order valence-electron chi connectivity index (χ1n) is 11.5. The van der Waals surface area contributed by atoms with Crippen LogP contribution >= 0.6 is 0 Å². The fourth-order valence-electron chi connectivity index (χ4n) is 4.75. The summed E-state index contributed by atoms with van der Waals surface area (Å²) < 4.78 is 0. The SMILES string of the molecule is CN1CCN(C(=O)c2ccc([C@H]3CCCN3C(=O)CN3CCCCCC3=O)nc2)CC1. The molecule has 3 fully saturated rings. The Morgan fingerprint density at radius 3 is 2.55 bits per heavy atom. The Balaban J connectivity index is 1.39. The molecule has 0 N–H and O–H groups in total. The number of carbonyl (C=O) groups is 3. The van der Waals surface area contributed by atoms with E-state index in [9.17, 15) is 14.4 Å². The Labute approximate surface area is 184 Å². The molecule has 3 aliphatic rings. The van der Waals surface area contributed by atoms with Crippen LogP contribution in [0.2, 0.25) is 0 Å². The Morgan fingerprint density at radius 1 is 1.00 bits per heavy atom. The molecule has 3 aliphatic heterocycles. The zero-order valence-electron chi connectivity index (χ0n) is 18.5. The molecule has 0 unspecified atom stereocenters. The maximum absolute atomic E-state index is 13.0. The van der Waals surface area contributed by atoms with Crippen molar-refractivity contribution in [3.05, 3.63) is 29.6 Å². The van der Waals surface area contributed by atoms with Crippen LogP contribution in [0.5, 0.6) is 0 Å². The average molecular weight is 428 g/mol. The molecule has 1 atom stereocenters. The number of nitrogens with zero attached hydrogens (tertiary/aromatic N) is 5. The summed E-state index contributed by atoms with van der Waals surface area (Å²) in [6.07, 6.45) is 6.90. The van der Waals surface area contributed by atoms with Crippen molar-refractivity contribution in [1.29, 1.82) is 0 Å². The van der Waals surface area contributed by atoms with E-state index in [1.807, 2.05) is 21.9 Å². The lowest BCUT2D eigenvalue weighted by Gasteiger charge is -2.32. The number of hydrogen-bond donors (Lipinski definition) is 0. The molecule has 0 saturated carbocycles. The Hall–Kier alpha value is -2.48. The van der Waals surface area contributed by atoms with Gasteiger partial charge in [-0.15, -0.1) is 0 Å². The van der Waals surface area contributed by atoms with Gasteiger partial charge in [-0.1, -0.05) is 6.42 Å². The predicted molar refractivity (Wildman–Crippen MR) is 116 cm³/mol. The van der Waals surface area contributed by atoms with Crippen LogP contribution in [0.25, 0.3) is 0 Å². The maximum atomic E-state index is 13.0. The number of amides is 3. The Bertz CT molecular complexity index is 804. The molecule has 3 amide bonds. The molecule has 0 aliphatic carbocycles. The second kappa shape index (κ2) is 9.77. The van der Waals surface area contributed by atoms with Crippen molar-refractivity contribution in [3.8, 4) is 0 Å². The lowest BCUT2D eigenvalue weighted by molar-refractivity contribution is -0.140. The van der Waals surface area contributed by atoms with Crippen molar-refractivity contribution >= 4 is 17.7 Å². The summed E-state index contributed by atoms with van der Waals surface area (Å²) in [5.41, 5.74) is 1.42. The summed E-state index contributed by atoms with van der Waals surface area (Å²) in [5.74, 6) is 0.106. The molecule has 8 nitrogen and oxygen atoms in total. The minimum atomic E-state index is -0.0811. The van der Waals surface area contributed by atoms with Crippen molar-refractivity contribution in [2.75, 3.05) is 52.9 Å². The van der Waals surface area contributed by atoms with Gasteiger partial charge in [-0.3, -0.25) is 19.4 Å². The molecule has 4 heterocycles. The normalized spacial score (nSPS) is 23.2. The first-order chi connectivity index (χ1) is 15.0. The van der Waals surface area contributed by atoms with Crippen LogP contribution in [0.3, 0.4) is 0 Å². The van der Waals surface area contributed by atoms with Crippen LogP contribution in [0.4, 0.5) is 0 Å². The van der Waals surface area contributed by atoms with Crippen LogP contribution in [0.1, 0.15) is 60.6 Å². The van der Waals surface area contributed by atoms with Gasteiger partial charge in [0.1, 0.15) is 0 Å². The van der Waals surface area contributed by atoms with Gasteiger partial charge < -0.3 is 19.6 Å². The lowest BCUT2D eigenvalue weighted by atomic mass is 10.1. The van der Waals surface area contributed by atoms with Gasteiger partial charge in [-0.25, -0.2) is 0 Å². The van der Waals surface area contributed by atoms with E-state index in [4.69, 9.17) is 0 Å². The van der Waals surface area contributed by atoms with Crippen molar-refractivity contribution < 1.29 is 14.4 Å². The van der Waals surface area contributed by atoms with Gasteiger partial charge in [0.15, 0.2) is 0 Å². The summed E-state index contributed by atoms with van der Waals surface area (Å²) in [7, 11) is 2.07. The minimum Gasteiger partial charge on any atom is -0.336 e. The first kappa shape index (κ1) is 21.7. The minimum absolute atomic E-state index is 0.00265. The lowest BCUT2D eigenvalue weighted by Crippen LogP contribution is -2.47. The largest absolute Gasteiger partial charge is 0.336 e. The number of pyridine rings is 1. The molecular formula is C23H33N5O3. The van der Waals surface area contributed by atoms with Crippen LogP contribution in [0.15, 0.2) is 18.3 Å². The van der Waals surface area contributed by atoms with Gasteiger partial charge in [0.05, 0.1) is 23.8 Å². The fourth-order valence-corrected chi connectivity index (χ4v) is 4.75. The van der Waals surface area contributed by atoms with Gasteiger partial charge in [0, 0.05) is 51.9 Å². The number of likely N-dealkylation sites (N-methyl/N-ethyl adjacent to an activating group) is 1. The molecule has 0 aromatic carbocycles. The monoisotopic (exact) mass is 427 g/mol. The van der Waals surface area contributed by atoms with E-state index in [-0.39, 0.29) is 30.3 Å². The molecule has 4 rings (SSSR count). The van der Waals surface area contributed by atoms with Crippen LogP contribution in [-0.2, 0) is 9.59 Å². The number of piperazine rings is 1. The van der Waals surface area contributed by atoms with Crippen LogP contribution in [-0.4, -0.2) is 95.2 Å². The average Bonchev–Trinajstić information content (AvgIpc) is 3.19. The molecule has 0 spiro atoms. The number of rotatable bonds is 4. The van der Waals surface area contributed by atoms with E-state index in [0.717, 1.165) is 64.0 Å². The molecule has 168 valence electrons. The van der Waals surface area contributed by atoms with Gasteiger partial charge >= 0.3 is 0 Å². The summed E-state index contributed by atoms with van der Waals surface area (Å²) in [5, 5.41) is 0. The van der Waals surface area contributed by atoms with Crippen molar-refractivity contribution in [3.63, 3.8) is 0 Å². The van der Waals surface area contributed by atoms with Gasteiger partial charge in [-0.05, 0) is 44.9 Å². The molecule has 31 heavy (non-hydrogen) atoms. The predicted octanol–water partition coefficient (Wildman–Crippen LogP) is 1.54. The first-order valence-corrected chi connectivity index (χ1v) is 11.5. The van der Waals surface area contributed by atoms with E-state index in [0.29, 0.717) is 25.1 Å². The van der Waals surface area contributed by atoms with E-state index >= 15 is 0 Å². The van der Waals surface area contributed by atoms with E-state index in [2.05, 4.69) is 16.9 Å². The van der Waals surface area contributed by atoms with Gasteiger partial charge in [-0.2, -0.15) is 0 Å². The third-order valence-corrected chi connectivity index (χ3v) is 6.74. The molecular weight excluding hydrogens is 394 g/mol. The zero-order chi connectivity index (χ0) is 21.8. The highest BCUT2D eigenvalue weighted by Crippen LogP contribution is 2.31. The summed E-state index contributed by atoms with van der Waals surface area (Å²) in [6.45, 7) is 4.76. The highest BCUT2D eigenvalue weighted by atomic mass is 16.2. The van der Waals surface area contributed by atoms with E-state index < -0.39 is 0 Å². The second-order valence-corrected chi connectivity index (χ2v) is 8.94. The smallest absolute Gasteiger partial charge is 0.255 e. The molecule has 1 aromatic heterocycles. The van der Waals surface area contributed by atoms with Crippen molar-refractivity contribution in [2.45, 2.75) is 44.6 Å².